The number of fused-ring (bicyclic) bond motifs is 3. The number of rotatable bonds is 4. The van der Waals surface area contributed by atoms with Crippen molar-refractivity contribution in [2.24, 2.45) is 10.7 Å². The fourth-order valence-corrected chi connectivity index (χ4v) is 3.38. The van der Waals surface area contributed by atoms with Gasteiger partial charge >= 0.3 is 0 Å². The van der Waals surface area contributed by atoms with Crippen LogP contribution in [0.15, 0.2) is 71.7 Å². The number of carbonyl (C=O) groups excluding carboxylic acids is 1. The van der Waals surface area contributed by atoms with E-state index in [1.54, 1.807) is 18.2 Å². The second kappa shape index (κ2) is 6.48. The number of nitrogens with two attached hydrogens (primary N) is 1. The molecule has 0 spiro atoms. The third kappa shape index (κ3) is 2.75. The lowest BCUT2D eigenvalue weighted by molar-refractivity contribution is 0.100. The van der Waals surface area contributed by atoms with Crippen molar-refractivity contribution in [3.05, 3.63) is 77.9 Å². The van der Waals surface area contributed by atoms with Crippen molar-refractivity contribution < 1.29 is 4.79 Å². The van der Waals surface area contributed by atoms with Gasteiger partial charge in [-0.3, -0.25) is 9.79 Å². The molecule has 0 aliphatic carbocycles. The number of hydrogen-bond acceptors (Lipinski definition) is 2. The Morgan fingerprint density at radius 2 is 1.81 bits per heavy atom. The lowest BCUT2D eigenvalue weighted by Gasteiger charge is -2.02. The molecule has 128 valence electrons. The van der Waals surface area contributed by atoms with E-state index in [0.29, 0.717) is 11.3 Å². The minimum Gasteiger partial charge on any atom is -0.366 e. The number of para-hydroxylation sites is 1. The summed E-state index contributed by atoms with van der Waals surface area (Å²) in [5.41, 5.74) is 9.97. The van der Waals surface area contributed by atoms with Crippen molar-refractivity contribution in [3.63, 3.8) is 0 Å². The van der Waals surface area contributed by atoms with Crippen LogP contribution in [0.2, 0.25) is 0 Å². The number of aromatic nitrogens is 1. The maximum Gasteiger partial charge on any atom is 0.248 e. The van der Waals surface area contributed by atoms with E-state index in [4.69, 9.17) is 5.73 Å². The van der Waals surface area contributed by atoms with Crippen LogP contribution in [0.3, 0.4) is 0 Å². The van der Waals surface area contributed by atoms with Crippen LogP contribution in [-0.2, 0) is 6.54 Å². The van der Waals surface area contributed by atoms with Crippen LogP contribution in [0.4, 0.5) is 5.69 Å². The Labute approximate surface area is 151 Å². The van der Waals surface area contributed by atoms with Crippen LogP contribution in [0.25, 0.3) is 21.8 Å². The van der Waals surface area contributed by atoms with Crippen molar-refractivity contribution >= 4 is 39.6 Å². The van der Waals surface area contributed by atoms with E-state index in [1.807, 2.05) is 12.3 Å². The van der Waals surface area contributed by atoms with Gasteiger partial charge < -0.3 is 10.3 Å². The van der Waals surface area contributed by atoms with Gasteiger partial charge in [0.1, 0.15) is 0 Å². The van der Waals surface area contributed by atoms with Crippen molar-refractivity contribution in [2.75, 3.05) is 0 Å². The molecule has 4 nitrogen and oxygen atoms in total. The number of primary amides is 1. The van der Waals surface area contributed by atoms with E-state index < -0.39 is 5.91 Å². The second-order valence-electron chi connectivity index (χ2n) is 6.21. The molecule has 4 rings (SSSR count). The number of carbonyl (C=O) groups is 1. The van der Waals surface area contributed by atoms with Gasteiger partial charge in [0.25, 0.3) is 0 Å². The molecule has 4 heteroatoms. The predicted octanol–water partition coefficient (Wildman–Crippen LogP) is 4.66. The summed E-state index contributed by atoms with van der Waals surface area (Å²) in [6.07, 6.45) is 1.82. The molecule has 1 heterocycles. The third-order valence-electron chi connectivity index (χ3n) is 4.61. The Bertz CT molecular complexity index is 1150. The van der Waals surface area contributed by atoms with Crippen molar-refractivity contribution in [2.45, 2.75) is 13.5 Å². The lowest BCUT2D eigenvalue weighted by Crippen LogP contribution is -2.10. The van der Waals surface area contributed by atoms with E-state index in [1.165, 1.54) is 21.8 Å². The predicted molar refractivity (Wildman–Crippen MR) is 107 cm³/mol. The third-order valence-corrected chi connectivity index (χ3v) is 4.61. The number of aryl methyl sites for hydroxylation is 1. The molecular weight excluding hydrogens is 322 g/mol. The Kier molecular flexibility index (Phi) is 4.01. The van der Waals surface area contributed by atoms with E-state index >= 15 is 0 Å². The number of benzene rings is 3. The molecule has 26 heavy (non-hydrogen) atoms. The van der Waals surface area contributed by atoms with Crippen LogP contribution in [0.5, 0.6) is 0 Å². The molecule has 0 bridgehead atoms. The SMILES string of the molecule is CCn1c2ccccc2c2cc(/C=N/c3cccc(C(N)=O)c3)ccc21. The van der Waals surface area contributed by atoms with Gasteiger partial charge in [0, 0.05) is 40.1 Å². The van der Waals surface area contributed by atoms with Gasteiger partial charge in [-0.05, 0) is 48.9 Å². The second-order valence-corrected chi connectivity index (χ2v) is 6.21. The molecule has 0 radical (unpaired) electrons. The summed E-state index contributed by atoms with van der Waals surface area (Å²) in [4.78, 5) is 15.8. The van der Waals surface area contributed by atoms with E-state index in [9.17, 15) is 4.79 Å². The monoisotopic (exact) mass is 341 g/mol. The van der Waals surface area contributed by atoms with Crippen LogP contribution in [0, 0.1) is 0 Å². The maximum absolute atomic E-state index is 11.3. The van der Waals surface area contributed by atoms with Crippen molar-refractivity contribution in [3.8, 4) is 0 Å². The highest BCUT2D eigenvalue weighted by molar-refractivity contribution is 6.09. The molecule has 1 aromatic heterocycles. The summed E-state index contributed by atoms with van der Waals surface area (Å²) >= 11 is 0. The summed E-state index contributed by atoms with van der Waals surface area (Å²) in [6.45, 7) is 3.09. The summed E-state index contributed by atoms with van der Waals surface area (Å²) in [7, 11) is 0. The molecule has 0 fully saturated rings. The highest BCUT2D eigenvalue weighted by atomic mass is 16.1. The van der Waals surface area contributed by atoms with Crippen molar-refractivity contribution in [1.29, 1.82) is 0 Å². The minimum atomic E-state index is -0.448. The molecule has 0 aliphatic heterocycles. The van der Waals surface area contributed by atoms with Crippen molar-refractivity contribution in [1.82, 2.24) is 4.57 Å². The molecular formula is C22H19N3O. The van der Waals surface area contributed by atoms with Gasteiger partial charge in [-0.1, -0.05) is 30.3 Å². The van der Waals surface area contributed by atoms with Gasteiger partial charge in [0.2, 0.25) is 5.91 Å². The maximum atomic E-state index is 11.3. The Morgan fingerprint density at radius 1 is 1.00 bits per heavy atom. The molecule has 4 aromatic rings. The first-order valence-corrected chi connectivity index (χ1v) is 8.62. The van der Waals surface area contributed by atoms with Crippen LogP contribution in [-0.4, -0.2) is 16.7 Å². The van der Waals surface area contributed by atoms with Crippen LogP contribution < -0.4 is 5.73 Å². The zero-order valence-electron chi connectivity index (χ0n) is 14.5. The number of hydrogen-bond donors (Lipinski definition) is 1. The minimum absolute atomic E-state index is 0.448. The molecule has 0 saturated heterocycles. The van der Waals surface area contributed by atoms with Gasteiger partial charge in [0.15, 0.2) is 0 Å². The number of nitrogens with zero attached hydrogens (tertiary/aromatic N) is 2. The topological polar surface area (TPSA) is 60.4 Å². The molecule has 0 atom stereocenters. The zero-order chi connectivity index (χ0) is 18.1. The molecule has 0 saturated carbocycles. The average Bonchev–Trinajstić information content (AvgIpc) is 2.99. The Balaban J connectivity index is 1.77. The summed E-state index contributed by atoms with van der Waals surface area (Å²) in [5.74, 6) is -0.448. The molecule has 0 aliphatic rings. The number of amides is 1. The van der Waals surface area contributed by atoms with Gasteiger partial charge in [0.05, 0.1) is 5.69 Å². The smallest absolute Gasteiger partial charge is 0.248 e. The first-order valence-electron chi connectivity index (χ1n) is 8.62. The van der Waals surface area contributed by atoms with Crippen LogP contribution in [0.1, 0.15) is 22.8 Å². The highest BCUT2D eigenvalue weighted by Gasteiger charge is 2.09. The Hall–Kier alpha value is -3.40. The van der Waals surface area contributed by atoms with Gasteiger partial charge in [-0.2, -0.15) is 0 Å². The largest absolute Gasteiger partial charge is 0.366 e. The van der Waals surface area contributed by atoms with Gasteiger partial charge in [-0.25, -0.2) is 0 Å². The molecule has 1 amide bonds. The Morgan fingerprint density at radius 3 is 2.62 bits per heavy atom. The van der Waals surface area contributed by atoms with Gasteiger partial charge in [-0.15, -0.1) is 0 Å². The van der Waals surface area contributed by atoms with Crippen LogP contribution >= 0.6 is 0 Å². The summed E-state index contributed by atoms with van der Waals surface area (Å²) in [6, 6.07) is 21.8. The zero-order valence-corrected chi connectivity index (χ0v) is 14.5. The highest BCUT2D eigenvalue weighted by Crippen LogP contribution is 2.29. The lowest BCUT2D eigenvalue weighted by atomic mass is 10.1. The van der Waals surface area contributed by atoms with E-state index in [-0.39, 0.29) is 0 Å². The normalized spacial score (nSPS) is 11.6. The molecule has 0 unspecified atom stereocenters. The summed E-state index contributed by atoms with van der Waals surface area (Å²) < 4.78 is 2.32. The number of aliphatic imine (C=N–C) groups is 1. The molecule has 2 N–H and O–H groups in total. The van der Waals surface area contributed by atoms with E-state index in [0.717, 1.165) is 12.1 Å². The fourth-order valence-electron chi connectivity index (χ4n) is 3.38. The quantitative estimate of drug-likeness (QED) is 0.539. The first kappa shape index (κ1) is 16.1. The average molecular weight is 341 g/mol. The molecule has 3 aromatic carbocycles. The van der Waals surface area contributed by atoms with E-state index in [2.05, 4.69) is 58.9 Å². The fraction of sp³-hybridized carbons (Fsp3) is 0.0909. The standard InChI is InChI=1S/C22H19N3O/c1-2-25-20-9-4-3-8-18(20)19-12-15(10-11-21(19)25)14-24-17-7-5-6-16(13-17)22(23)26/h3-14H,2H2,1H3,(H2,23,26)/b24-14+. The first-order chi connectivity index (χ1) is 12.7. The summed E-state index contributed by atoms with van der Waals surface area (Å²) in [5, 5.41) is 2.47.